The largest absolute Gasteiger partial charge is 0.508 e. The molecule has 8 nitrogen and oxygen atoms in total. The molecular weight excluding hydrogens is 440 g/mol. The van der Waals surface area contributed by atoms with Crippen molar-refractivity contribution in [2.45, 2.75) is 25.9 Å². The van der Waals surface area contributed by atoms with Crippen molar-refractivity contribution in [1.29, 1.82) is 0 Å². The van der Waals surface area contributed by atoms with Crippen molar-refractivity contribution >= 4 is 11.0 Å². The van der Waals surface area contributed by atoms with E-state index in [2.05, 4.69) is 0 Å². The maximum Gasteiger partial charge on any atom is 0.238 e. The number of aliphatic hydroxyl groups is 1. The van der Waals surface area contributed by atoms with Crippen molar-refractivity contribution < 1.29 is 34.7 Å². The molecule has 176 valence electrons. The molecule has 8 heteroatoms. The number of ether oxygens (including phenoxy) is 1. The molecule has 3 aromatic carbocycles. The summed E-state index contributed by atoms with van der Waals surface area (Å²) >= 11 is 0. The summed E-state index contributed by atoms with van der Waals surface area (Å²) in [5, 5.41) is 50.5. The first-order chi connectivity index (χ1) is 16.3. The van der Waals surface area contributed by atoms with E-state index >= 15 is 0 Å². The standard InChI is InChI=1S/C26H24O8/c1-2-17(27)13-33-21-11-19(29)12-22-23(21)24(31)25(32)26(34-22)15-6-7-20(30)16(10-15)8-14-4-3-5-18(28)9-14/h3-7,9-12,17,27-30,32H,2,8,13H2,1H3/t17-/m0/s1. The predicted octanol–water partition coefficient (Wildman–Crippen LogP) is 4.02. The molecule has 0 spiro atoms. The number of phenolic OH excluding ortho intramolecular Hbond substituents is 3. The van der Waals surface area contributed by atoms with E-state index in [4.69, 9.17) is 9.15 Å². The molecule has 0 saturated carbocycles. The molecule has 0 saturated heterocycles. The Labute approximate surface area is 194 Å². The summed E-state index contributed by atoms with van der Waals surface area (Å²) < 4.78 is 11.3. The molecule has 0 aliphatic rings. The molecular formula is C26H24O8. The lowest BCUT2D eigenvalue weighted by atomic mass is 10.00. The summed E-state index contributed by atoms with van der Waals surface area (Å²) in [6, 6.07) is 13.5. The van der Waals surface area contributed by atoms with Crippen LogP contribution in [-0.4, -0.2) is 38.2 Å². The van der Waals surface area contributed by atoms with Gasteiger partial charge in [0.2, 0.25) is 11.2 Å². The second-order valence-electron chi connectivity index (χ2n) is 7.99. The molecule has 0 aliphatic heterocycles. The fourth-order valence-corrected chi connectivity index (χ4v) is 3.63. The van der Waals surface area contributed by atoms with E-state index in [0.717, 1.165) is 5.56 Å². The predicted molar refractivity (Wildman–Crippen MR) is 126 cm³/mol. The fraction of sp³-hybridized carbons (Fsp3) is 0.192. The Hall–Kier alpha value is -4.17. The first kappa shape index (κ1) is 23.0. The van der Waals surface area contributed by atoms with E-state index in [0.29, 0.717) is 17.5 Å². The molecule has 0 radical (unpaired) electrons. The number of benzene rings is 3. The van der Waals surface area contributed by atoms with E-state index < -0.39 is 17.3 Å². The maximum absolute atomic E-state index is 13.0. The minimum atomic E-state index is -0.765. The zero-order chi connectivity index (χ0) is 24.4. The molecule has 1 aromatic heterocycles. The van der Waals surface area contributed by atoms with Crippen molar-refractivity contribution in [2.24, 2.45) is 0 Å². The highest BCUT2D eigenvalue weighted by atomic mass is 16.5. The lowest BCUT2D eigenvalue weighted by molar-refractivity contribution is 0.105. The highest BCUT2D eigenvalue weighted by Gasteiger charge is 2.21. The minimum absolute atomic E-state index is 0.00229. The Morgan fingerprint density at radius 3 is 2.50 bits per heavy atom. The van der Waals surface area contributed by atoms with Crippen LogP contribution >= 0.6 is 0 Å². The summed E-state index contributed by atoms with van der Waals surface area (Å²) in [7, 11) is 0. The van der Waals surface area contributed by atoms with Crippen molar-refractivity contribution in [1.82, 2.24) is 0 Å². The van der Waals surface area contributed by atoms with Crippen LogP contribution in [0.5, 0.6) is 28.7 Å². The quantitative estimate of drug-likeness (QED) is 0.276. The molecule has 0 aliphatic carbocycles. The van der Waals surface area contributed by atoms with Crippen LogP contribution in [0.3, 0.4) is 0 Å². The van der Waals surface area contributed by atoms with Crippen LogP contribution in [0.1, 0.15) is 24.5 Å². The number of phenols is 3. The first-order valence-electron chi connectivity index (χ1n) is 10.7. The van der Waals surface area contributed by atoms with Crippen LogP contribution < -0.4 is 10.2 Å². The molecule has 0 unspecified atom stereocenters. The third kappa shape index (κ3) is 4.62. The van der Waals surface area contributed by atoms with Gasteiger partial charge in [-0.25, -0.2) is 0 Å². The van der Waals surface area contributed by atoms with Crippen LogP contribution in [0.15, 0.2) is 63.8 Å². The van der Waals surface area contributed by atoms with Gasteiger partial charge in [-0.3, -0.25) is 4.79 Å². The molecule has 0 amide bonds. The summed E-state index contributed by atoms with van der Waals surface area (Å²) in [5.74, 6) is -0.946. The monoisotopic (exact) mass is 464 g/mol. The Kier molecular flexibility index (Phi) is 6.34. The van der Waals surface area contributed by atoms with Crippen LogP contribution in [0.25, 0.3) is 22.3 Å². The van der Waals surface area contributed by atoms with E-state index in [1.165, 1.54) is 30.3 Å². The average molecular weight is 464 g/mol. The zero-order valence-corrected chi connectivity index (χ0v) is 18.4. The van der Waals surface area contributed by atoms with Crippen molar-refractivity contribution in [3.8, 4) is 40.1 Å². The smallest absolute Gasteiger partial charge is 0.238 e. The first-order valence-corrected chi connectivity index (χ1v) is 10.7. The third-order valence-electron chi connectivity index (χ3n) is 5.47. The van der Waals surface area contributed by atoms with Gasteiger partial charge in [0.15, 0.2) is 5.76 Å². The normalized spacial score (nSPS) is 12.1. The van der Waals surface area contributed by atoms with Gasteiger partial charge < -0.3 is 34.7 Å². The number of aromatic hydroxyl groups is 4. The van der Waals surface area contributed by atoms with Gasteiger partial charge in [0.1, 0.15) is 40.6 Å². The van der Waals surface area contributed by atoms with E-state index in [1.54, 1.807) is 31.2 Å². The second kappa shape index (κ2) is 9.36. The lowest BCUT2D eigenvalue weighted by Crippen LogP contribution is -2.17. The van der Waals surface area contributed by atoms with E-state index in [-0.39, 0.29) is 52.8 Å². The topological polar surface area (TPSA) is 141 Å². The Morgan fingerprint density at radius 1 is 0.971 bits per heavy atom. The van der Waals surface area contributed by atoms with E-state index in [9.17, 15) is 30.3 Å². The molecule has 1 heterocycles. The van der Waals surface area contributed by atoms with E-state index in [1.807, 2.05) is 0 Å². The number of hydrogen-bond donors (Lipinski definition) is 5. The summed E-state index contributed by atoms with van der Waals surface area (Å²) in [6.45, 7) is 1.67. The molecule has 34 heavy (non-hydrogen) atoms. The fourth-order valence-electron chi connectivity index (χ4n) is 3.63. The van der Waals surface area contributed by atoms with Gasteiger partial charge in [0.05, 0.1) is 6.10 Å². The maximum atomic E-state index is 13.0. The van der Waals surface area contributed by atoms with Gasteiger partial charge in [-0.2, -0.15) is 0 Å². The van der Waals surface area contributed by atoms with Crippen LogP contribution in [0.4, 0.5) is 0 Å². The van der Waals surface area contributed by atoms with Crippen LogP contribution in [0.2, 0.25) is 0 Å². The van der Waals surface area contributed by atoms with Crippen molar-refractivity contribution in [3.05, 3.63) is 75.9 Å². The minimum Gasteiger partial charge on any atom is -0.508 e. The van der Waals surface area contributed by atoms with Gasteiger partial charge in [0.25, 0.3) is 0 Å². The number of hydrogen-bond acceptors (Lipinski definition) is 8. The van der Waals surface area contributed by atoms with Gasteiger partial charge in [-0.1, -0.05) is 19.1 Å². The van der Waals surface area contributed by atoms with Gasteiger partial charge >= 0.3 is 0 Å². The number of rotatable bonds is 7. The molecule has 0 bridgehead atoms. The highest BCUT2D eigenvalue weighted by molar-refractivity contribution is 5.88. The molecule has 5 N–H and O–H groups in total. The molecule has 4 aromatic rings. The van der Waals surface area contributed by atoms with Crippen LogP contribution in [0, 0.1) is 0 Å². The Bertz CT molecular complexity index is 1410. The van der Waals surface area contributed by atoms with Crippen molar-refractivity contribution in [3.63, 3.8) is 0 Å². The Balaban J connectivity index is 1.79. The number of aliphatic hydroxyl groups excluding tert-OH is 1. The van der Waals surface area contributed by atoms with Crippen LogP contribution in [-0.2, 0) is 6.42 Å². The lowest BCUT2D eigenvalue weighted by Gasteiger charge is -2.14. The Morgan fingerprint density at radius 2 is 1.76 bits per heavy atom. The molecule has 0 fully saturated rings. The second-order valence-corrected chi connectivity index (χ2v) is 7.99. The molecule has 1 atom stereocenters. The summed E-state index contributed by atoms with van der Waals surface area (Å²) in [6.07, 6.45) is -0.0446. The SMILES string of the molecule is CC[C@H](O)COc1cc(O)cc2oc(-c3ccc(O)c(Cc4cccc(O)c4)c3)c(O)c(=O)c12. The van der Waals surface area contributed by atoms with Gasteiger partial charge in [-0.05, 0) is 47.9 Å². The number of fused-ring (bicyclic) bond motifs is 1. The highest BCUT2D eigenvalue weighted by Crippen LogP contribution is 2.37. The zero-order valence-electron chi connectivity index (χ0n) is 18.4. The van der Waals surface area contributed by atoms with Gasteiger partial charge in [0, 0.05) is 24.1 Å². The average Bonchev–Trinajstić information content (AvgIpc) is 2.81. The molecule has 4 rings (SSSR count). The van der Waals surface area contributed by atoms with Gasteiger partial charge in [-0.15, -0.1) is 0 Å². The summed E-state index contributed by atoms with van der Waals surface area (Å²) in [4.78, 5) is 13.0. The summed E-state index contributed by atoms with van der Waals surface area (Å²) in [5.41, 5.74) is 0.786. The third-order valence-corrected chi connectivity index (χ3v) is 5.47. The van der Waals surface area contributed by atoms with Crippen molar-refractivity contribution in [2.75, 3.05) is 6.61 Å².